The third-order valence-electron chi connectivity index (χ3n) is 5.47. The van der Waals surface area contributed by atoms with Crippen LogP contribution in [0.2, 0.25) is 0 Å². The molecule has 0 radical (unpaired) electrons. The van der Waals surface area contributed by atoms with Crippen molar-refractivity contribution in [3.05, 3.63) is 29.8 Å². The van der Waals surface area contributed by atoms with Crippen LogP contribution in [0.3, 0.4) is 0 Å². The standard InChI is InChI=1S/C19H27NO3S2/c1-15-6-8-16(9-7-15)24-19(10-4-5-11-19)17(21)20-12-13-25(22,23)18(2,3)14-20/h6-9H,4-5,10-14H2,1-3H3. The van der Waals surface area contributed by atoms with E-state index in [-0.39, 0.29) is 11.7 Å². The molecule has 6 heteroatoms. The number of nitrogens with zero attached hydrogens (tertiary/aromatic N) is 1. The van der Waals surface area contributed by atoms with Crippen molar-refractivity contribution in [3.8, 4) is 0 Å². The Morgan fingerprint density at radius 2 is 1.72 bits per heavy atom. The highest BCUT2D eigenvalue weighted by Crippen LogP contribution is 2.47. The zero-order valence-corrected chi connectivity index (χ0v) is 16.9. The number of benzene rings is 1. The van der Waals surface area contributed by atoms with Gasteiger partial charge in [0.2, 0.25) is 5.91 Å². The Labute approximate surface area is 155 Å². The van der Waals surface area contributed by atoms with Crippen LogP contribution in [-0.4, -0.2) is 47.6 Å². The number of hydrogen-bond acceptors (Lipinski definition) is 4. The van der Waals surface area contributed by atoms with Gasteiger partial charge in [0.05, 0.1) is 15.2 Å². The molecule has 25 heavy (non-hydrogen) atoms. The van der Waals surface area contributed by atoms with E-state index in [1.54, 1.807) is 30.5 Å². The Bertz CT molecular complexity index is 747. The smallest absolute Gasteiger partial charge is 0.239 e. The molecule has 0 N–H and O–H groups in total. The fraction of sp³-hybridized carbons (Fsp3) is 0.632. The minimum absolute atomic E-state index is 0.0665. The zero-order chi connectivity index (χ0) is 18.3. The van der Waals surface area contributed by atoms with Gasteiger partial charge in [0.25, 0.3) is 0 Å². The highest BCUT2D eigenvalue weighted by Gasteiger charge is 2.49. The molecule has 1 amide bonds. The lowest BCUT2D eigenvalue weighted by Crippen LogP contribution is -2.58. The molecule has 0 spiro atoms. The van der Waals surface area contributed by atoms with Crippen LogP contribution in [-0.2, 0) is 14.6 Å². The van der Waals surface area contributed by atoms with E-state index in [0.717, 1.165) is 30.6 Å². The fourth-order valence-electron chi connectivity index (χ4n) is 3.74. The summed E-state index contributed by atoms with van der Waals surface area (Å²) in [6, 6.07) is 8.31. The minimum Gasteiger partial charge on any atom is -0.339 e. The van der Waals surface area contributed by atoms with Crippen molar-refractivity contribution in [1.29, 1.82) is 0 Å². The largest absolute Gasteiger partial charge is 0.339 e. The Balaban J connectivity index is 1.83. The van der Waals surface area contributed by atoms with E-state index >= 15 is 0 Å². The normalized spacial score (nSPS) is 24.2. The van der Waals surface area contributed by atoms with Crippen LogP contribution < -0.4 is 0 Å². The number of carbonyl (C=O) groups is 1. The van der Waals surface area contributed by atoms with Crippen molar-refractivity contribution in [2.45, 2.75) is 60.8 Å². The monoisotopic (exact) mass is 381 g/mol. The molecule has 1 aromatic carbocycles. The third kappa shape index (κ3) is 3.61. The van der Waals surface area contributed by atoms with Crippen LogP contribution in [0, 0.1) is 6.92 Å². The molecular formula is C19H27NO3S2. The van der Waals surface area contributed by atoms with E-state index in [0.29, 0.717) is 13.1 Å². The maximum atomic E-state index is 13.4. The van der Waals surface area contributed by atoms with Gasteiger partial charge < -0.3 is 4.90 Å². The summed E-state index contributed by atoms with van der Waals surface area (Å²) in [5.74, 6) is 0.190. The quantitative estimate of drug-likeness (QED) is 0.805. The first-order chi connectivity index (χ1) is 11.7. The van der Waals surface area contributed by atoms with Crippen molar-refractivity contribution < 1.29 is 13.2 Å². The summed E-state index contributed by atoms with van der Waals surface area (Å²) in [7, 11) is -3.14. The highest BCUT2D eigenvalue weighted by molar-refractivity contribution is 8.01. The molecule has 4 nitrogen and oxygen atoms in total. The summed E-state index contributed by atoms with van der Waals surface area (Å²) >= 11 is 1.67. The molecule has 0 atom stereocenters. The molecule has 1 saturated heterocycles. The maximum Gasteiger partial charge on any atom is 0.239 e. The van der Waals surface area contributed by atoms with Gasteiger partial charge in [-0.3, -0.25) is 4.79 Å². The van der Waals surface area contributed by atoms with E-state index in [1.807, 2.05) is 0 Å². The van der Waals surface area contributed by atoms with Crippen LogP contribution in [0.25, 0.3) is 0 Å². The molecule has 2 aliphatic rings. The van der Waals surface area contributed by atoms with Gasteiger partial charge in [0.1, 0.15) is 0 Å². The van der Waals surface area contributed by atoms with Crippen LogP contribution in [0.1, 0.15) is 45.1 Å². The molecular weight excluding hydrogens is 354 g/mol. The van der Waals surface area contributed by atoms with Gasteiger partial charge >= 0.3 is 0 Å². The Morgan fingerprint density at radius 1 is 1.12 bits per heavy atom. The average Bonchev–Trinajstić information content (AvgIpc) is 3.01. The van der Waals surface area contributed by atoms with Gasteiger partial charge in [0, 0.05) is 18.0 Å². The van der Waals surface area contributed by atoms with E-state index in [2.05, 4.69) is 31.2 Å². The lowest BCUT2D eigenvalue weighted by molar-refractivity contribution is -0.134. The van der Waals surface area contributed by atoms with Crippen LogP contribution >= 0.6 is 11.8 Å². The molecule has 1 aliphatic carbocycles. The number of carbonyl (C=O) groups excluding carboxylic acids is 1. The van der Waals surface area contributed by atoms with Gasteiger partial charge in [-0.1, -0.05) is 30.5 Å². The second kappa shape index (κ2) is 6.62. The maximum absolute atomic E-state index is 13.4. The summed E-state index contributed by atoms with van der Waals surface area (Å²) in [4.78, 5) is 16.3. The summed E-state index contributed by atoms with van der Waals surface area (Å²) in [5, 5.41) is 0. The molecule has 0 bridgehead atoms. The van der Waals surface area contributed by atoms with E-state index in [4.69, 9.17) is 0 Å². The van der Waals surface area contributed by atoms with Gasteiger partial charge in [-0.05, 0) is 45.7 Å². The Hall–Kier alpha value is -1.01. The first kappa shape index (κ1) is 18.8. The summed E-state index contributed by atoms with van der Waals surface area (Å²) in [6.07, 6.45) is 3.85. The van der Waals surface area contributed by atoms with Gasteiger partial charge in [-0.2, -0.15) is 0 Å². The second-order valence-corrected chi connectivity index (χ2v) is 12.1. The van der Waals surface area contributed by atoms with E-state index < -0.39 is 19.3 Å². The molecule has 1 aromatic rings. The number of thioether (sulfide) groups is 1. The van der Waals surface area contributed by atoms with Crippen LogP contribution in [0.15, 0.2) is 29.2 Å². The van der Waals surface area contributed by atoms with E-state index in [1.165, 1.54) is 5.56 Å². The van der Waals surface area contributed by atoms with Crippen LogP contribution in [0.4, 0.5) is 0 Å². The number of amides is 1. The van der Waals surface area contributed by atoms with Crippen molar-refractivity contribution in [3.63, 3.8) is 0 Å². The summed E-state index contributed by atoms with van der Waals surface area (Å²) in [6.45, 7) is 6.14. The summed E-state index contributed by atoms with van der Waals surface area (Å²) < 4.78 is 23.2. The van der Waals surface area contributed by atoms with Crippen molar-refractivity contribution in [2.24, 2.45) is 0 Å². The predicted molar refractivity (Wildman–Crippen MR) is 103 cm³/mol. The number of aryl methyl sites for hydroxylation is 1. The fourth-order valence-corrected chi connectivity index (χ4v) is 6.54. The van der Waals surface area contributed by atoms with Gasteiger partial charge in [-0.25, -0.2) is 8.42 Å². The number of rotatable bonds is 3. The van der Waals surface area contributed by atoms with Crippen molar-refractivity contribution in [2.75, 3.05) is 18.8 Å². The molecule has 2 fully saturated rings. The van der Waals surface area contributed by atoms with E-state index in [9.17, 15) is 13.2 Å². The minimum atomic E-state index is -3.14. The molecule has 0 unspecified atom stereocenters. The predicted octanol–water partition coefficient (Wildman–Crippen LogP) is 3.44. The Kier molecular flexibility index (Phi) is 4.97. The number of sulfone groups is 1. The molecule has 1 saturated carbocycles. The third-order valence-corrected chi connectivity index (χ3v) is 9.48. The molecule has 0 aromatic heterocycles. The molecule has 1 aliphatic heterocycles. The highest BCUT2D eigenvalue weighted by atomic mass is 32.2. The number of hydrogen-bond donors (Lipinski definition) is 0. The SMILES string of the molecule is Cc1ccc(SC2(C(=O)N3CCS(=O)(=O)C(C)(C)C3)CCCC2)cc1. The first-order valence-corrected chi connectivity index (χ1v) is 11.4. The Morgan fingerprint density at radius 3 is 2.28 bits per heavy atom. The average molecular weight is 382 g/mol. The van der Waals surface area contributed by atoms with Gasteiger partial charge in [0.15, 0.2) is 9.84 Å². The second-order valence-electron chi connectivity index (χ2n) is 7.92. The lowest BCUT2D eigenvalue weighted by Gasteiger charge is -2.41. The van der Waals surface area contributed by atoms with Gasteiger partial charge in [-0.15, -0.1) is 11.8 Å². The van der Waals surface area contributed by atoms with Crippen molar-refractivity contribution >= 4 is 27.5 Å². The first-order valence-electron chi connectivity index (χ1n) is 8.93. The topological polar surface area (TPSA) is 54.5 Å². The molecule has 1 heterocycles. The zero-order valence-electron chi connectivity index (χ0n) is 15.2. The molecule has 138 valence electrons. The van der Waals surface area contributed by atoms with Crippen molar-refractivity contribution in [1.82, 2.24) is 4.90 Å². The lowest BCUT2D eigenvalue weighted by atomic mass is 10.0. The van der Waals surface area contributed by atoms with Crippen LogP contribution in [0.5, 0.6) is 0 Å². The summed E-state index contributed by atoms with van der Waals surface area (Å²) in [5.41, 5.74) is 1.21. The molecule has 3 rings (SSSR count).